The minimum atomic E-state index is -0.543. The first-order valence-electron chi connectivity index (χ1n) is 11.1. The summed E-state index contributed by atoms with van der Waals surface area (Å²) in [6.45, 7) is 9.95. The molecule has 4 heterocycles. The Morgan fingerprint density at radius 1 is 1.16 bits per heavy atom. The van der Waals surface area contributed by atoms with E-state index in [0.29, 0.717) is 37.7 Å². The lowest BCUT2D eigenvalue weighted by molar-refractivity contribution is -0.139. The topological polar surface area (TPSA) is 87.5 Å². The Balaban J connectivity index is 1.30. The van der Waals surface area contributed by atoms with Crippen molar-refractivity contribution >= 4 is 28.3 Å². The Labute approximate surface area is 191 Å². The molecule has 2 aromatic rings. The van der Waals surface area contributed by atoms with Gasteiger partial charge in [-0.05, 0) is 33.6 Å². The zero-order valence-electron chi connectivity index (χ0n) is 19.0. The number of rotatable bonds is 3. The SMILES string of the molecule is CC(C)(C)OC(=O)N1CCCC(C(=O)N2CCN(Cc3cc(=O)n4ccsc4n3)CC2)C1. The summed E-state index contributed by atoms with van der Waals surface area (Å²) < 4.78 is 7.03. The Morgan fingerprint density at radius 2 is 1.91 bits per heavy atom. The summed E-state index contributed by atoms with van der Waals surface area (Å²) in [5.41, 5.74) is 0.156. The molecule has 9 nitrogen and oxygen atoms in total. The second-order valence-electron chi connectivity index (χ2n) is 9.51. The van der Waals surface area contributed by atoms with Crippen LogP contribution in [0.4, 0.5) is 4.79 Å². The maximum Gasteiger partial charge on any atom is 0.410 e. The van der Waals surface area contributed by atoms with Crippen molar-refractivity contribution in [1.82, 2.24) is 24.1 Å². The summed E-state index contributed by atoms with van der Waals surface area (Å²) >= 11 is 1.45. The monoisotopic (exact) mass is 461 g/mol. The molecule has 1 unspecified atom stereocenters. The predicted molar refractivity (Wildman–Crippen MR) is 122 cm³/mol. The highest BCUT2D eigenvalue weighted by molar-refractivity contribution is 7.15. The molecule has 4 rings (SSSR count). The van der Waals surface area contributed by atoms with Gasteiger partial charge in [-0.2, -0.15) is 0 Å². The molecule has 0 spiro atoms. The fraction of sp³-hybridized carbons (Fsp3) is 0.636. The van der Waals surface area contributed by atoms with Gasteiger partial charge in [-0.1, -0.05) is 0 Å². The number of ether oxygens (including phenoxy) is 1. The molecular weight excluding hydrogens is 430 g/mol. The van der Waals surface area contributed by atoms with Crippen LogP contribution >= 0.6 is 11.3 Å². The molecule has 0 radical (unpaired) electrons. The first-order valence-corrected chi connectivity index (χ1v) is 12.0. The van der Waals surface area contributed by atoms with E-state index in [4.69, 9.17) is 4.74 Å². The number of likely N-dealkylation sites (tertiary alicyclic amines) is 1. The smallest absolute Gasteiger partial charge is 0.410 e. The van der Waals surface area contributed by atoms with Crippen molar-refractivity contribution in [1.29, 1.82) is 0 Å². The lowest BCUT2D eigenvalue weighted by Gasteiger charge is -2.39. The van der Waals surface area contributed by atoms with Crippen molar-refractivity contribution in [2.24, 2.45) is 5.92 Å². The molecule has 2 amide bonds. The van der Waals surface area contributed by atoms with Gasteiger partial charge in [0.05, 0.1) is 11.6 Å². The Kier molecular flexibility index (Phi) is 6.52. The van der Waals surface area contributed by atoms with Gasteiger partial charge in [0.25, 0.3) is 5.56 Å². The number of piperidine rings is 1. The first kappa shape index (κ1) is 22.7. The number of aromatic nitrogens is 2. The van der Waals surface area contributed by atoms with Crippen molar-refractivity contribution in [3.05, 3.63) is 33.7 Å². The maximum absolute atomic E-state index is 13.1. The van der Waals surface area contributed by atoms with E-state index < -0.39 is 5.60 Å². The maximum atomic E-state index is 13.1. The number of nitrogens with zero attached hydrogens (tertiary/aromatic N) is 5. The van der Waals surface area contributed by atoms with Gasteiger partial charge < -0.3 is 14.5 Å². The molecule has 2 aliphatic rings. The van der Waals surface area contributed by atoms with Crippen LogP contribution in [0.1, 0.15) is 39.3 Å². The molecule has 2 aliphatic heterocycles. The van der Waals surface area contributed by atoms with E-state index in [1.54, 1.807) is 21.6 Å². The van der Waals surface area contributed by atoms with Crippen molar-refractivity contribution in [2.45, 2.75) is 45.8 Å². The molecule has 0 N–H and O–H groups in total. The van der Waals surface area contributed by atoms with E-state index >= 15 is 0 Å². The Bertz CT molecular complexity index is 1030. The van der Waals surface area contributed by atoms with Crippen molar-refractivity contribution in [2.75, 3.05) is 39.3 Å². The summed E-state index contributed by atoms with van der Waals surface area (Å²) in [4.78, 5) is 48.8. The number of carbonyl (C=O) groups excluding carboxylic acids is 2. The van der Waals surface area contributed by atoms with Crippen LogP contribution in [0.5, 0.6) is 0 Å². The fourth-order valence-electron chi connectivity index (χ4n) is 4.25. The van der Waals surface area contributed by atoms with E-state index in [1.165, 1.54) is 11.3 Å². The molecule has 174 valence electrons. The van der Waals surface area contributed by atoms with E-state index in [9.17, 15) is 14.4 Å². The average molecular weight is 462 g/mol. The Hall–Kier alpha value is -2.46. The third-order valence-electron chi connectivity index (χ3n) is 5.85. The molecule has 10 heteroatoms. The van der Waals surface area contributed by atoms with E-state index in [1.807, 2.05) is 31.1 Å². The molecular formula is C22H31N5O4S. The second-order valence-corrected chi connectivity index (χ2v) is 10.4. The minimum Gasteiger partial charge on any atom is -0.444 e. The van der Waals surface area contributed by atoms with Gasteiger partial charge in [0, 0.05) is 63.5 Å². The number of hydrogen-bond acceptors (Lipinski definition) is 7. The molecule has 0 aromatic carbocycles. The van der Waals surface area contributed by atoms with Gasteiger partial charge in [-0.25, -0.2) is 9.78 Å². The fourth-order valence-corrected chi connectivity index (χ4v) is 4.99. The van der Waals surface area contributed by atoms with Gasteiger partial charge in [0.15, 0.2) is 4.96 Å². The van der Waals surface area contributed by atoms with E-state index in [-0.39, 0.29) is 23.5 Å². The lowest BCUT2D eigenvalue weighted by atomic mass is 9.96. The number of hydrogen-bond donors (Lipinski definition) is 0. The Morgan fingerprint density at radius 3 is 2.62 bits per heavy atom. The number of amides is 2. The van der Waals surface area contributed by atoms with Crippen LogP contribution in [0.3, 0.4) is 0 Å². The highest BCUT2D eigenvalue weighted by atomic mass is 32.1. The zero-order valence-corrected chi connectivity index (χ0v) is 19.8. The van der Waals surface area contributed by atoms with Gasteiger partial charge in [0.1, 0.15) is 5.60 Å². The van der Waals surface area contributed by atoms with Crippen molar-refractivity contribution in [3.63, 3.8) is 0 Å². The molecule has 0 bridgehead atoms. The van der Waals surface area contributed by atoms with Crippen LogP contribution < -0.4 is 5.56 Å². The highest BCUT2D eigenvalue weighted by Crippen LogP contribution is 2.22. The van der Waals surface area contributed by atoms with Gasteiger partial charge in [-0.15, -0.1) is 11.3 Å². The largest absolute Gasteiger partial charge is 0.444 e. The standard InChI is InChI=1S/C22H31N5O4S/c1-22(2,3)31-21(30)26-6-4-5-16(14-26)19(29)25-9-7-24(8-10-25)15-17-13-18(28)27-11-12-32-20(27)23-17/h11-13,16H,4-10,14-15H2,1-3H3. The molecule has 1 atom stereocenters. The molecule has 2 fully saturated rings. The third kappa shape index (κ3) is 5.29. The van der Waals surface area contributed by atoms with Crippen molar-refractivity contribution in [3.8, 4) is 0 Å². The molecule has 2 saturated heterocycles. The van der Waals surface area contributed by atoms with Gasteiger partial charge in [0.2, 0.25) is 5.91 Å². The normalized spacial score (nSPS) is 20.5. The highest BCUT2D eigenvalue weighted by Gasteiger charge is 2.34. The summed E-state index contributed by atoms with van der Waals surface area (Å²) in [5.74, 6) is -0.0555. The third-order valence-corrected chi connectivity index (χ3v) is 6.60. The summed E-state index contributed by atoms with van der Waals surface area (Å²) in [5, 5.41) is 1.85. The quantitative estimate of drug-likeness (QED) is 0.695. The minimum absolute atomic E-state index is 0.0631. The van der Waals surface area contributed by atoms with Gasteiger partial charge in [-0.3, -0.25) is 18.9 Å². The molecule has 2 aromatic heterocycles. The van der Waals surface area contributed by atoms with Crippen LogP contribution in [-0.2, 0) is 16.1 Å². The first-order chi connectivity index (χ1) is 15.2. The van der Waals surface area contributed by atoms with Crippen LogP contribution in [0.15, 0.2) is 22.4 Å². The lowest BCUT2D eigenvalue weighted by Crippen LogP contribution is -2.53. The number of piperazine rings is 1. The number of fused-ring (bicyclic) bond motifs is 1. The summed E-state index contributed by atoms with van der Waals surface area (Å²) in [7, 11) is 0. The number of thiazole rings is 1. The molecule has 0 aliphatic carbocycles. The summed E-state index contributed by atoms with van der Waals surface area (Å²) in [6.07, 6.45) is 3.00. The van der Waals surface area contributed by atoms with E-state index in [2.05, 4.69) is 9.88 Å². The predicted octanol–water partition coefficient (Wildman–Crippen LogP) is 2.05. The van der Waals surface area contributed by atoms with Crippen LogP contribution in [0.25, 0.3) is 4.96 Å². The number of carbonyl (C=O) groups is 2. The van der Waals surface area contributed by atoms with Crippen molar-refractivity contribution < 1.29 is 14.3 Å². The van der Waals surface area contributed by atoms with Crippen LogP contribution in [0, 0.1) is 5.92 Å². The average Bonchev–Trinajstić information content (AvgIpc) is 3.22. The zero-order chi connectivity index (χ0) is 22.9. The van der Waals surface area contributed by atoms with Gasteiger partial charge >= 0.3 is 6.09 Å². The van der Waals surface area contributed by atoms with E-state index in [0.717, 1.165) is 31.6 Å². The molecule has 0 saturated carbocycles. The van der Waals surface area contributed by atoms with Crippen LogP contribution in [-0.4, -0.2) is 81.0 Å². The second kappa shape index (κ2) is 9.19. The molecule has 32 heavy (non-hydrogen) atoms. The summed E-state index contributed by atoms with van der Waals surface area (Å²) in [6, 6.07) is 1.59. The van der Waals surface area contributed by atoms with Crippen LogP contribution in [0.2, 0.25) is 0 Å².